The largest absolute Gasteiger partial charge is 0.312 e. The number of hydrogen-bond acceptors (Lipinski definition) is 6. The Labute approximate surface area is 184 Å². The van der Waals surface area contributed by atoms with Crippen molar-refractivity contribution in [2.45, 2.75) is 38.5 Å². The van der Waals surface area contributed by atoms with E-state index in [-0.39, 0.29) is 31.3 Å². The van der Waals surface area contributed by atoms with Gasteiger partial charge in [-0.15, -0.1) is 11.3 Å². The second-order valence-corrected chi connectivity index (χ2v) is 11.5. The summed E-state index contributed by atoms with van der Waals surface area (Å²) in [6.07, 6.45) is 0.558. The summed E-state index contributed by atoms with van der Waals surface area (Å²) in [5.74, 6) is -1.44. The number of carbonyl (C=O) groups excluding carboxylic acids is 2. The van der Waals surface area contributed by atoms with Gasteiger partial charge in [0.05, 0.1) is 16.9 Å². The number of nitrogens with one attached hydrogen (secondary N) is 1. The molecule has 2 aliphatic rings. The van der Waals surface area contributed by atoms with E-state index in [9.17, 15) is 22.4 Å². The van der Waals surface area contributed by atoms with Crippen LogP contribution in [0.1, 0.15) is 30.8 Å². The summed E-state index contributed by atoms with van der Waals surface area (Å²) >= 11 is 1.26. The van der Waals surface area contributed by atoms with Crippen LogP contribution < -0.4 is 10.2 Å². The Kier molecular flexibility index (Phi) is 5.84. The molecule has 0 bridgehead atoms. The van der Waals surface area contributed by atoms with Crippen molar-refractivity contribution in [1.82, 2.24) is 9.29 Å². The number of aromatic nitrogens is 1. The van der Waals surface area contributed by atoms with E-state index in [4.69, 9.17) is 0 Å². The Balaban J connectivity index is 1.42. The molecule has 31 heavy (non-hydrogen) atoms. The van der Waals surface area contributed by atoms with Crippen LogP contribution in [0.25, 0.3) is 0 Å². The lowest BCUT2D eigenvalue weighted by atomic mass is 10.1. The van der Waals surface area contributed by atoms with E-state index < -0.39 is 27.0 Å². The molecule has 1 aromatic heterocycles. The van der Waals surface area contributed by atoms with Crippen LogP contribution in [0, 0.1) is 11.7 Å². The number of sulfonamides is 1. The lowest BCUT2D eigenvalue weighted by Gasteiger charge is -2.26. The molecule has 166 valence electrons. The number of carbonyl (C=O) groups is 2. The van der Waals surface area contributed by atoms with Crippen molar-refractivity contribution in [3.63, 3.8) is 0 Å². The fourth-order valence-electron chi connectivity index (χ4n) is 3.70. The first-order valence-corrected chi connectivity index (χ1v) is 12.3. The van der Waals surface area contributed by atoms with Gasteiger partial charge in [0.2, 0.25) is 21.8 Å². The maximum atomic E-state index is 13.1. The van der Waals surface area contributed by atoms with Crippen LogP contribution in [0.3, 0.4) is 0 Å². The van der Waals surface area contributed by atoms with Gasteiger partial charge in [-0.05, 0) is 38.1 Å². The van der Waals surface area contributed by atoms with Gasteiger partial charge in [-0.1, -0.05) is 0 Å². The van der Waals surface area contributed by atoms with Gasteiger partial charge in [-0.25, -0.2) is 17.8 Å². The predicted octanol–water partition coefficient (Wildman–Crippen LogP) is 2.37. The van der Waals surface area contributed by atoms with Crippen molar-refractivity contribution in [3.05, 3.63) is 40.7 Å². The molecule has 1 aromatic carbocycles. The molecule has 1 fully saturated rings. The van der Waals surface area contributed by atoms with E-state index in [1.54, 1.807) is 13.8 Å². The summed E-state index contributed by atoms with van der Waals surface area (Å²) < 4.78 is 39.5. The average molecular weight is 467 g/mol. The highest BCUT2D eigenvalue weighted by molar-refractivity contribution is 7.89. The minimum atomic E-state index is -3.35. The van der Waals surface area contributed by atoms with Crippen LogP contribution in [0.5, 0.6) is 0 Å². The molecule has 2 amide bonds. The van der Waals surface area contributed by atoms with E-state index in [0.29, 0.717) is 23.8 Å². The number of amides is 2. The number of rotatable bonds is 5. The quantitative estimate of drug-likeness (QED) is 0.729. The highest BCUT2D eigenvalue weighted by Gasteiger charge is 2.36. The van der Waals surface area contributed by atoms with Crippen LogP contribution in [-0.2, 0) is 32.6 Å². The Morgan fingerprint density at radius 2 is 2.00 bits per heavy atom. The van der Waals surface area contributed by atoms with Gasteiger partial charge >= 0.3 is 0 Å². The van der Waals surface area contributed by atoms with E-state index in [0.717, 1.165) is 10.6 Å². The zero-order chi connectivity index (χ0) is 22.3. The molecule has 2 aliphatic heterocycles. The number of nitrogens with zero attached hydrogens (tertiary/aromatic N) is 3. The molecule has 3 heterocycles. The van der Waals surface area contributed by atoms with Gasteiger partial charge in [-0.3, -0.25) is 9.59 Å². The lowest BCUT2D eigenvalue weighted by Crippen LogP contribution is -2.39. The van der Waals surface area contributed by atoms with Gasteiger partial charge in [0.15, 0.2) is 5.13 Å². The molecular weight excluding hydrogens is 443 g/mol. The molecule has 8 nitrogen and oxygen atoms in total. The van der Waals surface area contributed by atoms with E-state index in [1.807, 2.05) is 0 Å². The Hall–Kier alpha value is -2.37. The predicted molar refractivity (Wildman–Crippen MR) is 116 cm³/mol. The Morgan fingerprint density at radius 3 is 2.68 bits per heavy atom. The van der Waals surface area contributed by atoms with E-state index >= 15 is 0 Å². The summed E-state index contributed by atoms with van der Waals surface area (Å²) in [7, 11) is -3.35. The van der Waals surface area contributed by atoms with Gasteiger partial charge in [0, 0.05) is 43.0 Å². The number of fused-ring (bicyclic) bond motifs is 1. The minimum Gasteiger partial charge on any atom is -0.312 e. The average Bonchev–Trinajstić information content (AvgIpc) is 3.30. The highest BCUT2D eigenvalue weighted by atomic mass is 32.2. The summed E-state index contributed by atoms with van der Waals surface area (Å²) in [6, 6.07) is 5.58. The molecule has 1 unspecified atom stereocenters. The molecular formula is C20H23FN4O4S2. The third-order valence-electron chi connectivity index (χ3n) is 5.52. The van der Waals surface area contributed by atoms with Crippen LogP contribution >= 0.6 is 11.3 Å². The maximum Gasteiger partial charge on any atom is 0.231 e. The molecule has 2 aromatic rings. The van der Waals surface area contributed by atoms with Crippen molar-refractivity contribution in [1.29, 1.82) is 0 Å². The molecule has 1 N–H and O–H groups in total. The first-order valence-electron chi connectivity index (χ1n) is 9.99. The van der Waals surface area contributed by atoms with Crippen molar-refractivity contribution >= 4 is 44.0 Å². The fraction of sp³-hybridized carbons (Fsp3) is 0.450. The molecule has 0 saturated carbocycles. The fourth-order valence-corrected chi connectivity index (χ4v) is 6.06. The SMILES string of the molecule is CC(C)S(=O)(=O)N1CCc2nc(NC(=O)C3CC(=O)N(c4ccc(F)cc4)C3)sc2C1. The summed E-state index contributed by atoms with van der Waals surface area (Å²) in [5, 5.41) is 2.69. The lowest BCUT2D eigenvalue weighted by molar-refractivity contribution is -0.122. The number of benzene rings is 1. The van der Waals surface area contributed by atoms with Crippen molar-refractivity contribution in [2.75, 3.05) is 23.3 Å². The standard InChI is InChI=1S/C20H23FN4O4S2/c1-12(2)31(28,29)24-8-7-16-17(11-24)30-20(22-16)23-19(27)13-9-18(26)25(10-13)15-5-3-14(21)4-6-15/h3-6,12-13H,7-11H2,1-2H3,(H,22,23,27). The molecule has 1 saturated heterocycles. The topological polar surface area (TPSA) is 99.7 Å². The molecule has 1 atom stereocenters. The molecule has 11 heteroatoms. The summed E-state index contributed by atoms with van der Waals surface area (Å²) in [4.78, 5) is 31.8. The van der Waals surface area contributed by atoms with Gasteiger partial charge in [0.1, 0.15) is 5.82 Å². The number of thiazole rings is 1. The number of halogens is 1. The molecule has 0 spiro atoms. The highest BCUT2D eigenvalue weighted by Crippen LogP contribution is 2.31. The summed E-state index contributed by atoms with van der Waals surface area (Å²) in [6.45, 7) is 4.14. The van der Waals surface area contributed by atoms with Gasteiger partial charge < -0.3 is 10.2 Å². The van der Waals surface area contributed by atoms with Crippen LogP contribution in [0.15, 0.2) is 24.3 Å². The zero-order valence-corrected chi connectivity index (χ0v) is 18.8. The van der Waals surface area contributed by atoms with Crippen LogP contribution in [0.2, 0.25) is 0 Å². The molecule has 4 rings (SSSR count). The second kappa shape index (κ2) is 8.29. The maximum absolute atomic E-state index is 13.1. The first-order chi connectivity index (χ1) is 14.6. The third-order valence-corrected chi connectivity index (χ3v) is 8.74. The molecule has 0 radical (unpaired) electrons. The van der Waals surface area contributed by atoms with Crippen LogP contribution in [0.4, 0.5) is 15.2 Å². The Bertz CT molecular complexity index is 1110. The van der Waals surface area contributed by atoms with Crippen molar-refractivity contribution in [2.24, 2.45) is 5.92 Å². The van der Waals surface area contributed by atoms with Crippen LogP contribution in [-0.4, -0.2) is 47.9 Å². The monoisotopic (exact) mass is 466 g/mol. The van der Waals surface area contributed by atoms with E-state index in [2.05, 4.69) is 10.3 Å². The van der Waals surface area contributed by atoms with Gasteiger partial charge in [0.25, 0.3) is 0 Å². The van der Waals surface area contributed by atoms with Crippen molar-refractivity contribution in [3.8, 4) is 0 Å². The summed E-state index contributed by atoms with van der Waals surface area (Å²) in [5.41, 5.74) is 1.35. The van der Waals surface area contributed by atoms with Gasteiger partial charge in [-0.2, -0.15) is 4.31 Å². The second-order valence-electron chi connectivity index (χ2n) is 7.94. The number of hydrogen-bond donors (Lipinski definition) is 1. The van der Waals surface area contributed by atoms with E-state index in [1.165, 1.54) is 44.8 Å². The zero-order valence-electron chi connectivity index (χ0n) is 17.2. The third kappa shape index (κ3) is 4.35. The Morgan fingerprint density at radius 1 is 1.29 bits per heavy atom. The number of anilines is 2. The smallest absolute Gasteiger partial charge is 0.231 e. The molecule has 0 aliphatic carbocycles. The van der Waals surface area contributed by atoms with Crippen molar-refractivity contribution < 1.29 is 22.4 Å². The first kappa shape index (κ1) is 21.8. The minimum absolute atomic E-state index is 0.0642. The normalized spacial score (nSPS) is 19.7.